The van der Waals surface area contributed by atoms with Gasteiger partial charge in [0.15, 0.2) is 0 Å². The van der Waals surface area contributed by atoms with E-state index in [0.29, 0.717) is 32.4 Å². The SMILES string of the molecule is O[C@H](CNC1CCCCC1)COCCOc1ccc(Br)cc1. The summed E-state index contributed by atoms with van der Waals surface area (Å²) in [6.45, 7) is 1.93. The quantitative estimate of drug-likeness (QED) is 0.654. The van der Waals surface area contributed by atoms with Crippen molar-refractivity contribution in [3.63, 3.8) is 0 Å². The van der Waals surface area contributed by atoms with Crippen LogP contribution in [-0.4, -0.2) is 43.6 Å². The van der Waals surface area contributed by atoms with Gasteiger partial charge < -0.3 is 19.9 Å². The highest BCUT2D eigenvalue weighted by Crippen LogP contribution is 2.17. The molecule has 0 aliphatic heterocycles. The van der Waals surface area contributed by atoms with Gasteiger partial charge in [-0.3, -0.25) is 0 Å². The van der Waals surface area contributed by atoms with E-state index in [1.54, 1.807) is 0 Å². The summed E-state index contributed by atoms with van der Waals surface area (Å²) >= 11 is 3.38. The Labute approximate surface area is 141 Å². The lowest BCUT2D eigenvalue weighted by molar-refractivity contribution is 0.0235. The van der Waals surface area contributed by atoms with E-state index in [-0.39, 0.29) is 0 Å². The molecule has 0 saturated heterocycles. The fourth-order valence-corrected chi connectivity index (χ4v) is 2.90. The van der Waals surface area contributed by atoms with Gasteiger partial charge in [-0.25, -0.2) is 0 Å². The number of hydrogen-bond acceptors (Lipinski definition) is 4. The third kappa shape index (κ3) is 7.09. The molecule has 1 saturated carbocycles. The summed E-state index contributed by atoms with van der Waals surface area (Å²) in [6, 6.07) is 8.28. The molecule has 0 unspecified atom stereocenters. The fraction of sp³-hybridized carbons (Fsp3) is 0.647. The van der Waals surface area contributed by atoms with Gasteiger partial charge in [0.2, 0.25) is 0 Å². The summed E-state index contributed by atoms with van der Waals surface area (Å²) in [4.78, 5) is 0. The number of aliphatic hydroxyl groups is 1. The summed E-state index contributed by atoms with van der Waals surface area (Å²) in [5.41, 5.74) is 0. The monoisotopic (exact) mass is 371 g/mol. The average Bonchev–Trinajstić information content (AvgIpc) is 2.55. The summed E-state index contributed by atoms with van der Waals surface area (Å²) in [5, 5.41) is 13.3. The van der Waals surface area contributed by atoms with Crippen LogP contribution in [0.5, 0.6) is 5.75 Å². The minimum atomic E-state index is -0.449. The summed E-state index contributed by atoms with van der Waals surface area (Å²) < 4.78 is 12.0. The lowest BCUT2D eigenvalue weighted by Crippen LogP contribution is -2.38. The molecule has 124 valence electrons. The molecule has 4 nitrogen and oxygen atoms in total. The van der Waals surface area contributed by atoms with Crippen LogP contribution in [0, 0.1) is 0 Å². The zero-order chi connectivity index (χ0) is 15.6. The Kier molecular flexibility index (Phi) is 8.23. The first-order valence-corrected chi connectivity index (χ1v) is 8.91. The van der Waals surface area contributed by atoms with Gasteiger partial charge in [-0.1, -0.05) is 35.2 Å². The molecule has 2 N–H and O–H groups in total. The number of nitrogens with one attached hydrogen (secondary N) is 1. The molecule has 5 heteroatoms. The smallest absolute Gasteiger partial charge is 0.119 e. The molecule has 1 aliphatic carbocycles. The van der Waals surface area contributed by atoms with Crippen molar-refractivity contribution >= 4 is 15.9 Å². The Hall–Kier alpha value is -0.620. The first kappa shape index (κ1) is 17.7. The number of hydrogen-bond donors (Lipinski definition) is 2. The molecule has 0 spiro atoms. The summed E-state index contributed by atoms with van der Waals surface area (Å²) in [5.74, 6) is 0.825. The van der Waals surface area contributed by atoms with Gasteiger partial charge in [0.1, 0.15) is 12.4 Å². The minimum absolute atomic E-state index is 0.351. The molecule has 0 radical (unpaired) electrons. The van der Waals surface area contributed by atoms with E-state index in [1.165, 1.54) is 32.1 Å². The molecule has 1 atom stereocenters. The number of benzene rings is 1. The Bertz CT molecular complexity index is 407. The Balaban J connectivity index is 1.48. The van der Waals surface area contributed by atoms with E-state index in [2.05, 4.69) is 21.2 Å². The normalized spacial score (nSPS) is 17.4. The van der Waals surface area contributed by atoms with Crippen molar-refractivity contribution in [3.05, 3.63) is 28.7 Å². The number of halogens is 1. The van der Waals surface area contributed by atoms with Crippen LogP contribution in [0.25, 0.3) is 0 Å². The maximum absolute atomic E-state index is 9.89. The van der Waals surface area contributed by atoms with Crippen LogP contribution in [0.15, 0.2) is 28.7 Å². The topological polar surface area (TPSA) is 50.7 Å². The van der Waals surface area contributed by atoms with Gasteiger partial charge in [-0.05, 0) is 37.1 Å². The van der Waals surface area contributed by atoms with E-state index in [1.807, 2.05) is 24.3 Å². The summed E-state index contributed by atoms with van der Waals surface area (Å²) in [6.07, 6.45) is 5.97. The van der Waals surface area contributed by atoms with Gasteiger partial charge in [0, 0.05) is 17.1 Å². The first-order chi connectivity index (χ1) is 10.7. The van der Waals surface area contributed by atoms with Crippen molar-refractivity contribution in [1.29, 1.82) is 0 Å². The molecule has 0 heterocycles. The van der Waals surface area contributed by atoms with Crippen LogP contribution in [-0.2, 0) is 4.74 Å². The first-order valence-electron chi connectivity index (χ1n) is 8.11. The lowest BCUT2D eigenvalue weighted by atomic mass is 9.95. The van der Waals surface area contributed by atoms with Crippen molar-refractivity contribution < 1.29 is 14.6 Å². The standard InChI is InChI=1S/C17H26BrNO3/c18-14-6-8-17(9-7-14)22-11-10-21-13-16(20)12-19-15-4-2-1-3-5-15/h6-9,15-16,19-20H,1-5,10-13H2/t16-/m1/s1. The zero-order valence-electron chi connectivity index (χ0n) is 13.0. The Morgan fingerprint density at radius 1 is 1.14 bits per heavy atom. The highest BCUT2D eigenvalue weighted by atomic mass is 79.9. The third-order valence-electron chi connectivity index (χ3n) is 3.87. The van der Waals surface area contributed by atoms with Crippen LogP contribution >= 0.6 is 15.9 Å². The minimum Gasteiger partial charge on any atom is -0.491 e. The van der Waals surface area contributed by atoms with Crippen molar-refractivity contribution in [3.8, 4) is 5.75 Å². The Morgan fingerprint density at radius 2 is 1.86 bits per heavy atom. The second-order valence-electron chi connectivity index (χ2n) is 5.77. The molecule has 2 rings (SSSR count). The zero-order valence-corrected chi connectivity index (χ0v) is 14.6. The highest BCUT2D eigenvalue weighted by molar-refractivity contribution is 9.10. The highest BCUT2D eigenvalue weighted by Gasteiger charge is 2.14. The maximum Gasteiger partial charge on any atom is 0.119 e. The number of rotatable bonds is 9. The second kappa shape index (κ2) is 10.2. The predicted octanol–water partition coefficient (Wildman–Crippen LogP) is 3.13. The number of aliphatic hydroxyl groups excluding tert-OH is 1. The molecule has 1 aromatic rings. The van der Waals surface area contributed by atoms with Crippen LogP contribution in [0.1, 0.15) is 32.1 Å². The van der Waals surface area contributed by atoms with Gasteiger partial charge in [-0.2, -0.15) is 0 Å². The molecular weight excluding hydrogens is 346 g/mol. The predicted molar refractivity (Wildman–Crippen MR) is 91.3 cm³/mol. The Morgan fingerprint density at radius 3 is 2.59 bits per heavy atom. The summed E-state index contributed by atoms with van der Waals surface area (Å²) in [7, 11) is 0. The maximum atomic E-state index is 9.89. The van der Waals surface area contributed by atoms with Crippen LogP contribution in [0.3, 0.4) is 0 Å². The lowest BCUT2D eigenvalue weighted by Gasteiger charge is -2.24. The number of ether oxygens (including phenoxy) is 2. The molecule has 0 aromatic heterocycles. The van der Waals surface area contributed by atoms with E-state index < -0.39 is 6.10 Å². The van der Waals surface area contributed by atoms with Crippen LogP contribution in [0.2, 0.25) is 0 Å². The van der Waals surface area contributed by atoms with E-state index in [4.69, 9.17) is 9.47 Å². The molecule has 1 aliphatic rings. The van der Waals surface area contributed by atoms with Gasteiger partial charge in [0.25, 0.3) is 0 Å². The second-order valence-corrected chi connectivity index (χ2v) is 6.69. The fourth-order valence-electron chi connectivity index (χ4n) is 2.64. The van der Waals surface area contributed by atoms with Gasteiger partial charge in [-0.15, -0.1) is 0 Å². The van der Waals surface area contributed by atoms with Crippen molar-refractivity contribution in [1.82, 2.24) is 5.32 Å². The largest absolute Gasteiger partial charge is 0.491 e. The molecule has 0 bridgehead atoms. The van der Waals surface area contributed by atoms with Crippen LogP contribution in [0.4, 0.5) is 0 Å². The molecular formula is C17H26BrNO3. The van der Waals surface area contributed by atoms with Crippen molar-refractivity contribution in [2.75, 3.05) is 26.4 Å². The van der Waals surface area contributed by atoms with Gasteiger partial charge >= 0.3 is 0 Å². The third-order valence-corrected chi connectivity index (χ3v) is 4.40. The van der Waals surface area contributed by atoms with Gasteiger partial charge in [0.05, 0.1) is 19.3 Å². The molecule has 22 heavy (non-hydrogen) atoms. The van der Waals surface area contributed by atoms with Crippen LogP contribution < -0.4 is 10.1 Å². The van der Waals surface area contributed by atoms with E-state index >= 15 is 0 Å². The van der Waals surface area contributed by atoms with Crippen molar-refractivity contribution in [2.45, 2.75) is 44.2 Å². The average molecular weight is 372 g/mol. The molecule has 1 aromatic carbocycles. The molecule has 1 fully saturated rings. The van der Waals surface area contributed by atoms with E-state index in [9.17, 15) is 5.11 Å². The van der Waals surface area contributed by atoms with E-state index in [0.717, 1.165) is 10.2 Å². The van der Waals surface area contributed by atoms with Crippen molar-refractivity contribution in [2.24, 2.45) is 0 Å². The molecule has 0 amide bonds.